The van der Waals surface area contributed by atoms with Crippen molar-refractivity contribution in [3.05, 3.63) is 46.5 Å². The van der Waals surface area contributed by atoms with E-state index in [1.165, 1.54) is 37.7 Å². The van der Waals surface area contributed by atoms with Crippen LogP contribution in [0.15, 0.2) is 30.6 Å². The summed E-state index contributed by atoms with van der Waals surface area (Å²) in [6, 6.07) is 5.66. The molecule has 0 fully saturated rings. The number of aliphatic hydroxyl groups excluding tert-OH is 4. The lowest BCUT2D eigenvalue weighted by Gasteiger charge is -2.28. The van der Waals surface area contributed by atoms with Crippen LogP contribution in [0.4, 0.5) is 20.3 Å². The van der Waals surface area contributed by atoms with Crippen LogP contribution in [-0.2, 0) is 0 Å². The van der Waals surface area contributed by atoms with Gasteiger partial charge in [0.25, 0.3) is 0 Å². The number of anilines is 2. The Morgan fingerprint density at radius 2 is 1.79 bits per heavy atom. The number of methoxy groups -OCH3 is 1. The lowest BCUT2D eigenvalue weighted by atomic mass is 10.0. The van der Waals surface area contributed by atoms with Gasteiger partial charge in [-0.05, 0) is 18.2 Å². The number of nitrogens with zero attached hydrogens (tertiary/aromatic N) is 2. The molecule has 184 valence electrons. The fourth-order valence-corrected chi connectivity index (χ4v) is 3.40. The molecule has 3 aromatic rings. The van der Waals surface area contributed by atoms with Gasteiger partial charge >= 0.3 is 0 Å². The van der Waals surface area contributed by atoms with E-state index in [-0.39, 0.29) is 33.0 Å². The Bertz CT molecular complexity index is 1160. The first-order valence-electron chi connectivity index (χ1n) is 9.83. The molecule has 1 heterocycles. The minimum atomic E-state index is -2.14. The molecule has 34 heavy (non-hydrogen) atoms. The fraction of sp³-hybridized carbons (Fsp3) is 0.333. The Morgan fingerprint density at radius 3 is 2.44 bits per heavy atom. The largest absolute Gasteiger partial charge is 0.493 e. The van der Waals surface area contributed by atoms with Gasteiger partial charge in [-0.2, -0.15) is 0 Å². The van der Waals surface area contributed by atoms with Crippen LogP contribution >= 0.6 is 23.2 Å². The first-order valence-corrected chi connectivity index (χ1v) is 10.6. The first kappa shape index (κ1) is 26.1. The maximum absolute atomic E-state index is 14.5. The number of hydrogen-bond acceptors (Lipinski definition) is 9. The second-order valence-electron chi connectivity index (χ2n) is 7.11. The van der Waals surface area contributed by atoms with Crippen molar-refractivity contribution in [3.63, 3.8) is 0 Å². The van der Waals surface area contributed by atoms with Gasteiger partial charge in [0.15, 0.2) is 29.6 Å². The third-order valence-corrected chi connectivity index (χ3v) is 5.72. The van der Waals surface area contributed by atoms with Gasteiger partial charge in [0.05, 0.1) is 41.6 Å². The van der Waals surface area contributed by atoms with Crippen molar-refractivity contribution in [2.24, 2.45) is 0 Å². The van der Waals surface area contributed by atoms with Crippen LogP contribution in [0.2, 0.25) is 10.0 Å². The molecule has 0 spiro atoms. The van der Waals surface area contributed by atoms with Gasteiger partial charge in [0, 0.05) is 11.5 Å². The van der Waals surface area contributed by atoms with E-state index in [0.29, 0.717) is 10.9 Å². The SMILES string of the molecule is COc1cc2c(Nc3ccc(Cl)c(Cl)c3F)ncnc2cc1O[C@H](CO)[C@H](O)[C@@H](O)[C@H](F)CO. The highest BCUT2D eigenvalue weighted by molar-refractivity contribution is 6.42. The van der Waals surface area contributed by atoms with Gasteiger partial charge in [-0.3, -0.25) is 0 Å². The molecule has 0 aliphatic rings. The number of halogens is 4. The van der Waals surface area contributed by atoms with Gasteiger partial charge in [0.1, 0.15) is 24.4 Å². The average Bonchev–Trinajstić information content (AvgIpc) is 2.85. The van der Waals surface area contributed by atoms with Crippen LogP contribution < -0.4 is 14.8 Å². The third-order valence-electron chi connectivity index (χ3n) is 4.94. The van der Waals surface area contributed by atoms with E-state index in [9.17, 15) is 24.1 Å². The fourth-order valence-electron chi connectivity index (χ4n) is 3.09. The van der Waals surface area contributed by atoms with Gasteiger partial charge in [0.2, 0.25) is 0 Å². The molecule has 0 saturated heterocycles. The van der Waals surface area contributed by atoms with E-state index >= 15 is 0 Å². The van der Waals surface area contributed by atoms with Crippen molar-refractivity contribution in [1.29, 1.82) is 0 Å². The topological polar surface area (TPSA) is 137 Å². The number of fused-ring (bicyclic) bond motifs is 1. The number of aromatic nitrogens is 2. The maximum atomic E-state index is 14.5. The third kappa shape index (κ3) is 5.40. The predicted octanol–water partition coefficient (Wildman–Crippen LogP) is 2.62. The molecule has 0 radical (unpaired) electrons. The second kappa shape index (κ2) is 11.3. The minimum Gasteiger partial charge on any atom is -0.493 e. The molecule has 0 unspecified atom stereocenters. The molecule has 4 atom stereocenters. The lowest BCUT2D eigenvalue weighted by molar-refractivity contribution is -0.0981. The highest BCUT2D eigenvalue weighted by atomic mass is 35.5. The highest BCUT2D eigenvalue weighted by Gasteiger charge is 2.34. The Labute approximate surface area is 202 Å². The van der Waals surface area contributed by atoms with Crippen LogP contribution in [0, 0.1) is 5.82 Å². The Kier molecular flexibility index (Phi) is 8.63. The summed E-state index contributed by atoms with van der Waals surface area (Å²) in [6.45, 7) is -1.81. The van der Waals surface area contributed by atoms with Gasteiger partial charge in [-0.15, -0.1) is 0 Å². The number of hydrogen-bond donors (Lipinski definition) is 5. The normalized spacial score (nSPS) is 15.0. The van der Waals surface area contributed by atoms with Crippen molar-refractivity contribution in [3.8, 4) is 11.5 Å². The van der Waals surface area contributed by atoms with Crippen LogP contribution in [0.5, 0.6) is 11.5 Å². The van der Waals surface area contributed by atoms with E-state index < -0.39 is 43.5 Å². The van der Waals surface area contributed by atoms with Crippen molar-refractivity contribution < 1.29 is 38.7 Å². The molecule has 0 amide bonds. The number of aliphatic hydroxyl groups is 4. The average molecular weight is 520 g/mol. The summed E-state index contributed by atoms with van der Waals surface area (Å²) in [6.07, 6.45) is -6.28. The van der Waals surface area contributed by atoms with Crippen LogP contribution in [-0.4, -0.2) is 75.2 Å². The summed E-state index contributed by atoms with van der Waals surface area (Å²) >= 11 is 11.7. The molecule has 1 aromatic heterocycles. The summed E-state index contributed by atoms with van der Waals surface area (Å²) in [4.78, 5) is 8.25. The zero-order chi connectivity index (χ0) is 25.0. The van der Waals surface area contributed by atoms with Crippen molar-refractivity contribution in [2.45, 2.75) is 24.5 Å². The van der Waals surface area contributed by atoms with Gasteiger partial charge in [-0.25, -0.2) is 18.7 Å². The van der Waals surface area contributed by atoms with Crippen LogP contribution in [0.25, 0.3) is 10.9 Å². The molecule has 3 rings (SSSR count). The summed E-state index contributed by atoms with van der Waals surface area (Å²) < 4.78 is 38.9. The predicted molar refractivity (Wildman–Crippen MR) is 121 cm³/mol. The highest BCUT2D eigenvalue weighted by Crippen LogP contribution is 2.37. The molecule has 0 aliphatic carbocycles. The molecular formula is C21H21Cl2F2N3O6. The quantitative estimate of drug-likeness (QED) is 0.256. The van der Waals surface area contributed by atoms with E-state index in [1.807, 2.05) is 0 Å². The molecule has 2 aromatic carbocycles. The molecule has 0 bridgehead atoms. The summed E-state index contributed by atoms with van der Waals surface area (Å²) in [5, 5.41) is 41.4. The monoisotopic (exact) mass is 519 g/mol. The van der Waals surface area contributed by atoms with Crippen LogP contribution in [0.1, 0.15) is 0 Å². The molecule has 5 N–H and O–H groups in total. The van der Waals surface area contributed by atoms with Crippen molar-refractivity contribution in [2.75, 3.05) is 25.6 Å². The first-order chi connectivity index (χ1) is 16.2. The zero-order valence-corrected chi connectivity index (χ0v) is 19.1. The van der Waals surface area contributed by atoms with Crippen molar-refractivity contribution >= 4 is 45.6 Å². The van der Waals surface area contributed by atoms with E-state index in [0.717, 1.165) is 0 Å². The minimum absolute atomic E-state index is 0.00470. The maximum Gasteiger partial charge on any atom is 0.166 e. The lowest BCUT2D eigenvalue weighted by Crippen LogP contribution is -2.48. The summed E-state index contributed by atoms with van der Waals surface area (Å²) in [5.41, 5.74) is 0.315. The molecule has 9 nitrogen and oxygen atoms in total. The zero-order valence-electron chi connectivity index (χ0n) is 17.6. The number of nitrogens with one attached hydrogen (secondary N) is 1. The summed E-state index contributed by atoms with van der Waals surface area (Å²) in [7, 11) is 1.33. The Hall–Kier alpha value is -2.54. The summed E-state index contributed by atoms with van der Waals surface area (Å²) in [5.74, 6) is -0.464. The van der Waals surface area contributed by atoms with E-state index in [2.05, 4.69) is 15.3 Å². The van der Waals surface area contributed by atoms with Crippen molar-refractivity contribution in [1.82, 2.24) is 9.97 Å². The number of alkyl halides is 1. The van der Waals surface area contributed by atoms with E-state index in [1.54, 1.807) is 0 Å². The Balaban J connectivity index is 1.96. The van der Waals surface area contributed by atoms with E-state index in [4.69, 9.17) is 37.8 Å². The molecule has 0 saturated carbocycles. The second-order valence-corrected chi connectivity index (χ2v) is 7.89. The molecule has 13 heteroatoms. The number of benzene rings is 2. The molecule has 0 aliphatic heterocycles. The smallest absolute Gasteiger partial charge is 0.166 e. The van der Waals surface area contributed by atoms with Crippen LogP contribution in [0.3, 0.4) is 0 Å². The van der Waals surface area contributed by atoms with Gasteiger partial charge < -0.3 is 35.2 Å². The van der Waals surface area contributed by atoms with Gasteiger partial charge in [-0.1, -0.05) is 23.2 Å². The number of ether oxygens (including phenoxy) is 2. The standard InChI is InChI=1S/C21H21Cl2F2N3O6/c1-33-14-4-9-13(5-15(14)34-16(7-30)20(32)19(31)11(24)6-29)26-8-27-21(9)28-12-3-2-10(22)17(23)18(12)25/h2-5,8,11,16,19-20,29-32H,6-7H2,1H3,(H,26,27,28)/t11-,16-,19+,20+/m1/s1. The Morgan fingerprint density at radius 1 is 1.06 bits per heavy atom. The molecular weight excluding hydrogens is 499 g/mol. The number of rotatable bonds is 10.